The van der Waals surface area contributed by atoms with E-state index in [0.29, 0.717) is 0 Å². The number of halogens is 1. The molecule has 0 fully saturated rings. The van der Waals surface area contributed by atoms with Gasteiger partial charge in [0.2, 0.25) is 0 Å². The second-order valence-corrected chi connectivity index (χ2v) is 5.91. The summed E-state index contributed by atoms with van der Waals surface area (Å²) in [7, 11) is 0. The molecule has 5 heteroatoms. The number of aromatic nitrogens is 2. The van der Waals surface area contributed by atoms with Crippen LogP contribution < -0.4 is 5.32 Å². The summed E-state index contributed by atoms with van der Waals surface area (Å²) in [5, 5.41) is 10.8. The first-order valence-electron chi connectivity index (χ1n) is 6.74. The van der Waals surface area contributed by atoms with Crippen molar-refractivity contribution < 1.29 is 0 Å². The summed E-state index contributed by atoms with van der Waals surface area (Å²) in [6.07, 6.45) is 6.25. The summed E-state index contributed by atoms with van der Waals surface area (Å²) in [5.74, 6) is 0. The van der Waals surface area contributed by atoms with Crippen molar-refractivity contribution >= 4 is 22.9 Å². The van der Waals surface area contributed by atoms with Gasteiger partial charge in [-0.1, -0.05) is 25.4 Å². The predicted molar refractivity (Wildman–Crippen MR) is 82.0 cm³/mol. The number of hydrogen-bond acceptors (Lipinski definition) is 3. The van der Waals surface area contributed by atoms with E-state index in [0.717, 1.165) is 31.0 Å². The van der Waals surface area contributed by atoms with Gasteiger partial charge in [-0.05, 0) is 30.8 Å². The molecule has 104 valence electrons. The van der Waals surface area contributed by atoms with Gasteiger partial charge in [0, 0.05) is 23.2 Å². The SMILES string of the molecule is CCCNC(c1cnn(CCC)c1)c1sccc1Cl. The van der Waals surface area contributed by atoms with Gasteiger partial charge in [0.25, 0.3) is 0 Å². The monoisotopic (exact) mass is 297 g/mol. The molecule has 0 spiro atoms. The molecule has 2 aromatic rings. The Morgan fingerprint density at radius 2 is 2.26 bits per heavy atom. The standard InChI is InChI=1S/C14H20ClN3S/c1-3-6-16-13(14-12(15)5-8-19-14)11-9-17-18(10-11)7-4-2/h5,8-10,13,16H,3-4,6-7H2,1-2H3. The zero-order chi connectivity index (χ0) is 13.7. The zero-order valence-electron chi connectivity index (χ0n) is 11.4. The van der Waals surface area contributed by atoms with Crippen LogP contribution in [0, 0.1) is 0 Å². The van der Waals surface area contributed by atoms with Crippen LogP contribution in [0.2, 0.25) is 5.02 Å². The van der Waals surface area contributed by atoms with Crippen molar-refractivity contribution in [3.8, 4) is 0 Å². The molecular formula is C14H20ClN3S. The van der Waals surface area contributed by atoms with Crippen LogP contribution in [0.1, 0.15) is 43.2 Å². The lowest BCUT2D eigenvalue weighted by atomic mass is 10.1. The molecule has 0 saturated carbocycles. The van der Waals surface area contributed by atoms with Gasteiger partial charge in [-0.25, -0.2) is 0 Å². The molecule has 0 bridgehead atoms. The second-order valence-electron chi connectivity index (χ2n) is 4.56. The highest BCUT2D eigenvalue weighted by atomic mass is 35.5. The molecule has 2 aromatic heterocycles. The molecule has 0 aromatic carbocycles. The molecule has 0 amide bonds. The van der Waals surface area contributed by atoms with Crippen LogP contribution in [-0.2, 0) is 6.54 Å². The average Bonchev–Trinajstić information content (AvgIpc) is 3.01. The lowest BCUT2D eigenvalue weighted by molar-refractivity contribution is 0.592. The fourth-order valence-corrected chi connectivity index (χ4v) is 3.31. The Hall–Kier alpha value is -0.840. The van der Waals surface area contributed by atoms with Crippen molar-refractivity contribution in [3.05, 3.63) is 39.3 Å². The van der Waals surface area contributed by atoms with Crippen LogP contribution in [0.15, 0.2) is 23.8 Å². The molecule has 1 N–H and O–H groups in total. The Morgan fingerprint density at radius 3 is 2.89 bits per heavy atom. The van der Waals surface area contributed by atoms with Gasteiger partial charge in [0.05, 0.1) is 17.3 Å². The number of rotatable bonds is 7. The minimum Gasteiger partial charge on any atom is -0.305 e. The Morgan fingerprint density at radius 1 is 1.42 bits per heavy atom. The molecule has 0 aliphatic rings. The molecule has 1 atom stereocenters. The van der Waals surface area contributed by atoms with Crippen molar-refractivity contribution in [3.63, 3.8) is 0 Å². The van der Waals surface area contributed by atoms with Crippen LogP contribution in [0.4, 0.5) is 0 Å². The zero-order valence-corrected chi connectivity index (χ0v) is 13.0. The van der Waals surface area contributed by atoms with E-state index in [9.17, 15) is 0 Å². The maximum Gasteiger partial charge on any atom is 0.0717 e. The molecule has 0 saturated heterocycles. The molecule has 0 aliphatic heterocycles. The maximum atomic E-state index is 6.27. The highest BCUT2D eigenvalue weighted by Gasteiger charge is 2.19. The summed E-state index contributed by atoms with van der Waals surface area (Å²) in [4.78, 5) is 1.17. The van der Waals surface area contributed by atoms with Gasteiger partial charge in [-0.15, -0.1) is 11.3 Å². The third-order valence-electron chi connectivity index (χ3n) is 2.94. The first-order chi connectivity index (χ1) is 9.26. The topological polar surface area (TPSA) is 29.9 Å². The van der Waals surface area contributed by atoms with Gasteiger partial charge in [-0.3, -0.25) is 4.68 Å². The van der Waals surface area contributed by atoms with Crippen LogP contribution in [-0.4, -0.2) is 16.3 Å². The summed E-state index contributed by atoms with van der Waals surface area (Å²) < 4.78 is 2.00. The number of hydrogen-bond donors (Lipinski definition) is 1. The highest BCUT2D eigenvalue weighted by Crippen LogP contribution is 2.32. The van der Waals surface area contributed by atoms with Gasteiger partial charge in [0.1, 0.15) is 0 Å². The number of aryl methyl sites for hydroxylation is 1. The lowest BCUT2D eigenvalue weighted by Gasteiger charge is -2.16. The Balaban J connectivity index is 2.23. The van der Waals surface area contributed by atoms with Crippen LogP contribution in [0.25, 0.3) is 0 Å². The van der Waals surface area contributed by atoms with E-state index in [2.05, 4.69) is 30.5 Å². The molecule has 1 unspecified atom stereocenters. The fraction of sp³-hybridized carbons (Fsp3) is 0.500. The predicted octanol–water partition coefficient (Wildman–Crippen LogP) is 4.10. The lowest BCUT2D eigenvalue weighted by Crippen LogP contribution is -2.22. The fourth-order valence-electron chi connectivity index (χ4n) is 2.04. The van der Waals surface area contributed by atoms with E-state index in [1.807, 2.05) is 22.3 Å². The smallest absolute Gasteiger partial charge is 0.0717 e. The summed E-state index contributed by atoms with van der Waals surface area (Å²) in [6, 6.07) is 2.11. The van der Waals surface area contributed by atoms with E-state index in [1.54, 1.807) is 11.3 Å². The highest BCUT2D eigenvalue weighted by molar-refractivity contribution is 7.10. The van der Waals surface area contributed by atoms with E-state index in [-0.39, 0.29) is 6.04 Å². The molecular weight excluding hydrogens is 278 g/mol. The van der Waals surface area contributed by atoms with E-state index in [4.69, 9.17) is 11.6 Å². The van der Waals surface area contributed by atoms with Gasteiger partial charge in [0.15, 0.2) is 0 Å². The first kappa shape index (κ1) is 14.6. The van der Waals surface area contributed by atoms with Crippen molar-refractivity contribution in [2.24, 2.45) is 0 Å². The Kier molecular flexibility index (Phi) is 5.43. The van der Waals surface area contributed by atoms with Crippen molar-refractivity contribution in [2.75, 3.05) is 6.54 Å². The average molecular weight is 298 g/mol. The Bertz CT molecular complexity index is 506. The molecule has 2 rings (SSSR count). The minimum atomic E-state index is 0.151. The number of thiophene rings is 1. The maximum absolute atomic E-state index is 6.27. The Labute approximate surface area is 123 Å². The molecule has 2 heterocycles. The third kappa shape index (κ3) is 3.59. The van der Waals surface area contributed by atoms with Crippen molar-refractivity contribution in [2.45, 2.75) is 39.3 Å². The molecule has 0 aliphatic carbocycles. The van der Waals surface area contributed by atoms with Crippen LogP contribution in [0.5, 0.6) is 0 Å². The number of nitrogens with one attached hydrogen (secondary N) is 1. The van der Waals surface area contributed by atoms with E-state index in [1.165, 1.54) is 10.4 Å². The van der Waals surface area contributed by atoms with Gasteiger partial charge in [-0.2, -0.15) is 5.10 Å². The van der Waals surface area contributed by atoms with Gasteiger partial charge < -0.3 is 5.32 Å². The summed E-state index contributed by atoms with van der Waals surface area (Å²) in [6.45, 7) is 6.25. The minimum absolute atomic E-state index is 0.151. The second kappa shape index (κ2) is 7.08. The third-order valence-corrected chi connectivity index (χ3v) is 4.37. The largest absolute Gasteiger partial charge is 0.305 e. The van der Waals surface area contributed by atoms with Crippen molar-refractivity contribution in [1.82, 2.24) is 15.1 Å². The van der Waals surface area contributed by atoms with E-state index >= 15 is 0 Å². The summed E-state index contributed by atoms with van der Waals surface area (Å²) in [5.41, 5.74) is 1.19. The van der Waals surface area contributed by atoms with Crippen molar-refractivity contribution in [1.29, 1.82) is 0 Å². The number of nitrogens with zero attached hydrogens (tertiary/aromatic N) is 2. The molecule has 3 nitrogen and oxygen atoms in total. The molecule has 19 heavy (non-hydrogen) atoms. The molecule has 0 radical (unpaired) electrons. The van der Waals surface area contributed by atoms with Crippen LogP contribution in [0.3, 0.4) is 0 Å². The first-order valence-corrected chi connectivity index (χ1v) is 8.00. The normalized spacial score (nSPS) is 12.8. The summed E-state index contributed by atoms with van der Waals surface area (Å²) >= 11 is 7.97. The van der Waals surface area contributed by atoms with Gasteiger partial charge >= 0.3 is 0 Å². The quantitative estimate of drug-likeness (QED) is 0.834. The van der Waals surface area contributed by atoms with E-state index < -0.39 is 0 Å². The van der Waals surface area contributed by atoms with Crippen LogP contribution >= 0.6 is 22.9 Å².